The van der Waals surface area contributed by atoms with Crippen molar-refractivity contribution in [2.45, 2.75) is 37.7 Å². The van der Waals surface area contributed by atoms with Crippen LogP contribution in [-0.4, -0.2) is 30.3 Å². The highest BCUT2D eigenvalue weighted by molar-refractivity contribution is 5.74. The normalized spacial score (nSPS) is 17.8. The summed E-state index contributed by atoms with van der Waals surface area (Å²) in [5.41, 5.74) is -3.55. The lowest BCUT2D eigenvalue weighted by Gasteiger charge is -2.29. The predicted octanol–water partition coefficient (Wildman–Crippen LogP) is 2.87. The molecular formula is C15H16F6N2O2. The second kappa shape index (κ2) is 7.11. The molecule has 3 N–H and O–H groups in total. The molecule has 0 fully saturated rings. The SMILES string of the molecule is O=C(NCCO)NC1CCc2c(ccc(C(F)(F)F)c2C(F)(F)F)C1. The number of aliphatic hydroxyl groups is 1. The molecule has 0 spiro atoms. The molecule has 0 aromatic heterocycles. The zero-order valence-corrected chi connectivity index (χ0v) is 12.9. The van der Waals surface area contributed by atoms with Crippen molar-refractivity contribution in [3.63, 3.8) is 0 Å². The second-order valence-corrected chi connectivity index (χ2v) is 5.68. The molecule has 4 nitrogen and oxygen atoms in total. The monoisotopic (exact) mass is 370 g/mol. The highest BCUT2D eigenvalue weighted by Gasteiger charge is 2.45. The van der Waals surface area contributed by atoms with Gasteiger partial charge in [0.1, 0.15) is 0 Å². The van der Waals surface area contributed by atoms with Gasteiger partial charge >= 0.3 is 18.4 Å². The summed E-state index contributed by atoms with van der Waals surface area (Å²) in [6.07, 6.45) is -10.3. The molecular weight excluding hydrogens is 354 g/mol. The van der Waals surface area contributed by atoms with Gasteiger partial charge < -0.3 is 15.7 Å². The molecule has 1 aliphatic rings. The summed E-state index contributed by atoms with van der Waals surface area (Å²) in [7, 11) is 0. The number of hydrogen-bond donors (Lipinski definition) is 3. The number of carbonyl (C=O) groups excluding carboxylic acids is 1. The summed E-state index contributed by atoms with van der Waals surface area (Å²) in [5, 5.41) is 13.5. The summed E-state index contributed by atoms with van der Waals surface area (Å²) in [4.78, 5) is 11.5. The topological polar surface area (TPSA) is 61.4 Å². The van der Waals surface area contributed by atoms with E-state index in [0.29, 0.717) is 6.07 Å². The van der Waals surface area contributed by atoms with Crippen molar-refractivity contribution in [1.29, 1.82) is 0 Å². The lowest BCUT2D eigenvalue weighted by atomic mass is 9.83. The molecule has 1 aliphatic carbocycles. The molecule has 1 aromatic rings. The fraction of sp³-hybridized carbons (Fsp3) is 0.533. The quantitative estimate of drug-likeness (QED) is 0.717. The molecule has 0 saturated carbocycles. The predicted molar refractivity (Wildman–Crippen MR) is 75.9 cm³/mol. The van der Waals surface area contributed by atoms with Gasteiger partial charge in [0.2, 0.25) is 0 Å². The smallest absolute Gasteiger partial charge is 0.395 e. The molecule has 0 aliphatic heterocycles. The fourth-order valence-electron chi connectivity index (χ4n) is 2.94. The molecule has 25 heavy (non-hydrogen) atoms. The van der Waals surface area contributed by atoms with Crippen LogP contribution >= 0.6 is 0 Å². The van der Waals surface area contributed by atoms with Crippen molar-refractivity contribution in [3.05, 3.63) is 34.4 Å². The molecule has 0 heterocycles. The molecule has 0 bridgehead atoms. The molecule has 2 amide bonds. The Hall–Kier alpha value is -1.97. The van der Waals surface area contributed by atoms with Crippen LogP contribution in [0.3, 0.4) is 0 Å². The summed E-state index contributed by atoms with van der Waals surface area (Å²) in [6.45, 7) is -0.252. The van der Waals surface area contributed by atoms with Crippen LogP contribution in [-0.2, 0) is 25.2 Å². The molecule has 1 atom stereocenters. The highest BCUT2D eigenvalue weighted by atomic mass is 19.4. The zero-order valence-electron chi connectivity index (χ0n) is 12.9. The Morgan fingerprint density at radius 1 is 1.16 bits per heavy atom. The Morgan fingerprint density at radius 3 is 2.40 bits per heavy atom. The number of fused-ring (bicyclic) bond motifs is 1. The van der Waals surface area contributed by atoms with Gasteiger partial charge in [0, 0.05) is 12.6 Å². The number of carbonyl (C=O) groups is 1. The van der Waals surface area contributed by atoms with Gasteiger partial charge in [-0.3, -0.25) is 0 Å². The van der Waals surface area contributed by atoms with E-state index in [9.17, 15) is 31.1 Å². The van der Waals surface area contributed by atoms with Gasteiger partial charge in [0.15, 0.2) is 0 Å². The first kappa shape index (κ1) is 19.4. The standard InChI is InChI=1S/C15H16F6N2O2/c16-14(17,18)11-4-1-8-7-9(23-13(25)22-5-6-24)2-3-10(8)12(11)15(19,20)21/h1,4,9,24H,2-3,5-7H2,(H2,22,23,25). The first-order valence-electron chi connectivity index (χ1n) is 7.48. The van der Waals surface area contributed by atoms with Crippen molar-refractivity contribution in [2.75, 3.05) is 13.2 Å². The molecule has 1 aromatic carbocycles. The summed E-state index contributed by atoms with van der Waals surface area (Å²) >= 11 is 0. The van der Waals surface area contributed by atoms with Gasteiger partial charge in [0.25, 0.3) is 0 Å². The molecule has 0 saturated heterocycles. The minimum atomic E-state index is -5.12. The van der Waals surface area contributed by atoms with Crippen LogP contribution in [0.15, 0.2) is 12.1 Å². The van der Waals surface area contributed by atoms with Crippen molar-refractivity contribution < 1.29 is 36.2 Å². The van der Waals surface area contributed by atoms with Gasteiger partial charge in [-0.1, -0.05) is 6.07 Å². The zero-order chi connectivity index (χ0) is 18.8. The van der Waals surface area contributed by atoms with Crippen LogP contribution in [0.4, 0.5) is 31.1 Å². The van der Waals surface area contributed by atoms with Gasteiger partial charge in [-0.05, 0) is 36.5 Å². The number of halogens is 6. The van der Waals surface area contributed by atoms with E-state index >= 15 is 0 Å². The first-order chi connectivity index (χ1) is 11.5. The van der Waals surface area contributed by atoms with E-state index in [1.54, 1.807) is 0 Å². The van der Waals surface area contributed by atoms with E-state index in [-0.39, 0.29) is 43.5 Å². The maximum Gasteiger partial charge on any atom is 0.417 e. The van der Waals surface area contributed by atoms with Crippen molar-refractivity contribution in [2.24, 2.45) is 0 Å². The molecule has 1 unspecified atom stereocenters. The number of hydrogen-bond acceptors (Lipinski definition) is 2. The minimum Gasteiger partial charge on any atom is -0.395 e. The maximum atomic E-state index is 13.2. The third-order valence-corrected chi connectivity index (χ3v) is 3.94. The number of urea groups is 1. The first-order valence-corrected chi connectivity index (χ1v) is 7.48. The van der Waals surface area contributed by atoms with E-state index in [4.69, 9.17) is 5.11 Å². The van der Waals surface area contributed by atoms with E-state index in [2.05, 4.69) is 10.6 Å². The van der Waals surface area contributed by atoms with Gasteiger partial charge in [0.05, 0.1) is 17.7 Å². The van der Waals surface area contributed by atoms with Crippen LogP contribution in [0.2, 0.25) is 0 Å². The second-order valence-electron chi connectivity index (χ2n) is 5.68. The number of alkyl halides is 6. The lowest BCUT2D eigenvalue weighted by molar-refractivity contribution is -0.162. The Kier molecular flexibility index (Phi) is 5.50. The largest absolute Gasteiger partial charge is 0.417 e. The Balaban J connectivity index is 2.28. The average molecular weight is 370 g/mol. The van der Waals surface area contributed by atoms with E-state index in [1.807, 2.05) is 0 Å². The third-order valence-electron chi connectivity index (χ3n) is 3.94. The lowest BCUT2D eigenvalue weighted by Crippen LogP contribution is -2.45. The highest BCUT2D eigenvalue weighted by Crippen LogP contribution is 2.44. The van der Waals surface area contributed by atoms with Crippen molar-refractivity contribution in [1.82, 2.24) is 10.6 Å². The Bertz CT molecular complexity index is 642. The van der Waals surface area contributed by atoms with Crippen molar-refractivity contribution in [3.8, 4) is 0 Å². The Labute approximate surface area is 139 Å². The van der Waals surface area contributed by atoms with E-state index in [1.165, 1.54) is 0 Å². The minimum absolute atomic E-state index is 0.00307. The summed E-state index contributed by atoms with van der Waals surface area (Å²) < 4.78 is 78.4. The van der Waals surface area contributed by atoms with Crippen LogP contribution in [0.1, 0.15) is 28.7 Å². The Morgan fingerprint density at radius 2 is 1.84 bits per heavy atom. The summed E-state index contributed by atoms with van der Waals surface area (Å²) in [6, 6.07) is 0.386. The maximum absolute atomic E-state index is 13.2. The third kappa shape index (κ3) is 4.56. The van der Waals surface area contributed by atoms with Crippen LogP contribution in [0, 0.1) is 0 Å². The number of rotatable bonds is 3. The number of benzene rings is 1. The van der Waals surface area contributed by atoms with E-state index < -0.39 is 35.6 Å². The summed E-state index contributed by atoms with van der Waals surface area (Å²) in [5.74, 6) is 0. The van der Waals surface area contributed by atoms with E-state index in [0.717, 1.165) is 6.07 Å². The van der Waals surface area contributed by atoms with Gasteiger partial charge in [-0.15, -0.1) is 0 Å². The average Bonchev–Trinajstić information content (AvgIpc) is 2.49. The number of nitrogens with one attached hydrogen (secondary N) is 2. The molecule has 140 valence electrons. The molecule has 10 heteroatoms. The van der Waals surface area contributed by atoms with Crippen molar-refractivity contribution >= 4 is 6.03 Å². The van der Waals surface area contributed by atoms with Crippen LogP contribution in [0.25, 0.3) is 0 Å². The fourth-order valence-corrected chi connectivity index (χ4v) is 2.94. The van der Waals surface area contributed by atoms with Gasteiger partial charge in [-0.2, -0.15) is 26.3 Å². The number of aliphatic hydroxyl groups excluding tert-OH is 1. The van der Waals surface area contributed by atoms with Crippen LogP contribution in [0.5, 0.6) is 0 Å². The van der Waals surface area contributed by atoms with Crippen LogP contribution < -0.4 is 10.6 Å². The molecule has 0 radical (unpaired) electrons. The molecule has 2 rings (SSSR count). The number of amides is 2. The van der Waals surface area contributed by atoms with Gasteiger partial charge in [-0.25, -0.2) is 4.79 Å².